The van der Waals surface area contributed by atoms with Gasteiger partial charge in [0.05, 0.1) is 36.6 Å². The lowest BCUT2D eigenvalue weighted by Crippen LogP contribution is -2.09. The van der Waals surface area contributed by atoms with Gasteiger partial charge in [0.2, 0.25) is 0 Å². The van der Waals surface area contributed by atoms with Crippen molar-refractivity contribution in [2.24, 2.45) is 0 Å². The average Bonchev–Trinajstić information content (AvgIpc) is 3.17. The lowest BCUT2D eigenvalue weighted by atomic mass is 9.98. The van der Waals surface area contributed by atoms with Crippen molar-refractivity contribution < 1.29 is 146 Å². The number of aliphatic hydroxyl groups excluding tert-OH is 6. The summed E-state index contributed by atoms with van der Waals surface area (Å²) in [5.41, 5.74) is 0. The lowest BCUT2D eigenvalue weighted by Gasteiger charge is -2.14. The van der Waals surface area contributed by atoms with Crippen molar-refractivity contribution in [1.29, 1.82) is 0 Å². The fraction of sp³-hybridized carbons (Fsp3) is 1.00. The van der Waals surface area contributed by atoms with Crippen LogP contribution < -0.4 is 0 Å². The largest absolute Gasteiger partial charge is 0.466 e. The van der Waals surface area contributed by atoms with Crippen LogP contribution >= 0.6 is 46.9 Å². The van der Waals surface area contributed by atoms with E-state index in [-0.39, 0.29) is 36.6 Å². The van der Waals surface area contributed by atoms with E-state index in [9.17, 15) is 0 Å². The molecular formula is C36H90O30P6. The van der Waals surface area contributed by atoms with Crippen LogP contribution in [0.3, 0.4) is 0 Å². The minimum Gasteiger partial charge on any atom is -0.393 e. The van der Waals surface area contributed by atoms with Crippen LogP contribution in [0.5, 0.6) is 0 Å². The second kappa shape index (κ2) is 49.7. The SMILES string of the molecule is O=P(O)(O)O.O=P(O)(O)O.O=P(O)(O)O.O=P(O)(O)O.O=P(O)(O)O.O=P(O)(O)O.OC1CCCCC1.OC1CCCCC1.OC1CCCCC1.OC1CCCCC1.OC1CCCCC1.OC1CCCCC1. The lowest BCUT2D eigenvalue weighted by molar-refractivity contribution is 0.130. The van der Waals surface area contributed by atoms with E-state index in [1.165, 1.54) is 116 Å². The van der Waals surface area contributed by atoms with Crippen molar-refractivity contribution in [3.63, 3.8) is 0 Å². The zero-order valence-corrected chi connectivity index (χ0v) is 45.9. The van der Waals surface area contributed by atoms with Gasteiger partial charge in [-0.25, -0.2) is 27.4 Å². The molecule has 72 heavy (non-hydrogen) atoms. The second-order valence-corrected chi connectivity index (χ2v) is 23.0. The van der Waals surface area contributed by atoms with Gasteiger partial charge in [0.1, 0.15) is 0 Å². The van der Waals surface area contributed by atoms with Gasteiger partial charge in [-0.3, -0.25) is 0 Å². The summed E-state index contributed by atoms with van der Waals surface area (Å²) in [7, 11) is -27.8. The highest BCUT2D eigenvalue weighted by molar-refractivity contribution is 7.46. The minimum absolute atomic E-state index is 0.0359. The van der Waals surface area contributed by atoms with Gasteiger partial charge in [0, 0.05) is 0 Å². The average molecular weight is 1190 g/mol. The van der Waals surface area contributed by atoms with Crippen LogP contribution in [0.15, 0.2) is 0 Å². The Kier molecular flexibility index (Phi) is 57.8. The predicted octanol–water partition coefficient (Wildman–Crippen LogP) is 2.30. The molecule has 0 atom stereocenters. The Morgan fingerprint density at radius 3 is 0.250 bits per heavy atom. The van der Waals surface area contributed by atoms with Crippen LogP contribution in [0.25, 0.3) is 0 Å². The highest BCUT2D eigenvalue weighted by Gasteiger charge is 2.11. The van der Waals surface area contributed by atoms with Gasteiger partial charge >= 0.3 is 46.9 Å². The van der Waals surface area contributed by atoms with E-state index in [1.807, 2.05) is 0 Å². The highest BCUT2D eigenvalue weighted by Crippen LogP contribution is 2.28. The summed E-state index contributed by atoms with van der Waals surface area (Å²) in [6, 6.07) is 0. The molecule has 0 aliphatic heterocycles. The van der Waals surface area contributed by atoms with E-state index in [0.717, 1.165) is 77.0 Å². The number of phosphoric acid groups is 6. The van der Waals surface area contributed by atoms with Gasteiger partial charge in [0.15, 0.2) is 0 Å². The first-order valence-electron chi connectivity index (χ1n) is 23.1. The van der Waals surface area contributed by atoms with Crippen molar-refractivity contribution in [3.8, 4) is 0 Å². The van der Waals surface area contributed by atoms with E-state index in [4.69, 9.17) is 146 Å². The summed E-state index contributed by atoms with van der Waals surface area (Å²) in [5.74, 6) is 0. The molecular weight excluding hydrogens is 1100 g/mol. The fourth-order valence-corrected chi connectivity index (χ4v) is 6.49. The monoisotopic (exact) mass is 1190 g/mol. The van der Waals surface area contributed by atoms with Gasteiger partial charge in [-0.05, 0) is 77.0 Å². The third-order valence-electron chi connectivity index (χ3n) is 9.45. The molecule has 0 aromatic carbocycles. The molecule has 30 nitrogen and oxygen atoms in total. The first kappa shape index (κ1) is 83.7. The standard InChI is InChI=1S/6C6H12O.6H3O4P/c6*7-6-4-2-1-3-5-6;6*1-5(2,3)4/h6*6-7H,1-5H2;6*(H3,1,2,3,4). The summed E-state index contributed by atoms with van der Waals surface area (Å²) < 4.78 is 53.3. The molecule has 0 bridgehead atoms. The second-order valence-electron chi connectivity index (χ2n) is 16.8. The third-order valence-corrected chi connectivity index (χ3v) is 9.45. The van der Waals surface area contributed by atoms with E-state index < -0.39 is 46.9 Å². The van der Waals surface area contributed by atoms with Crippen molar-refractivity contribution >= 4 is 46.9 Å². The Morgan fingerprint density at radius 2 is 0.222 bits per heavy atom. The Morgan fingerprint density at radius 1 is 0.167 bits per heavy atom. The van der Waals surface area contributed by atoms with Gasteiger partial charge in [-0.15, -0.1) is 0 Å². The topological polar surface area (TPSA) is 588 Å². The van der Waals surface area contributed by atoms with Gasteiger partial charge < -0.3 is 119 Å². The van der Waals surface area contributed by atoms with E-state index in [1.54, 1.807) is 0 Å². The van der Waals surface area contributed by atoms with Gasteiger partial charge in [0.25, 0.3) is 0 Å². The van der Waals surface area contributed by atoms with E-state index >= 15 is 0 Å². The van der Waals surface area contributed by atoms with Gasteiger partial charge in [-0.1, -0.05) is 116 Å². The molecule has 0 amide bonds. The Labute approximate surface area is 421 Å². The van der Waals surface area contributed by atoms with Crippen molar-refractivity contribution in [1.82, 2.24) is 0 Å². The molecule has 6 saturated carbocycles. The highest BCUT2D eigenvalue weighted by atomic mass is 31.2. The molecule has 0 spiro atoms. The van der Waals surface area contributed by atoms with Crippen molar-refractivity contribution in [3.05, 3.63) is 0 Å². The van der Waals surface area contributed by atoms with Crippen LogP contribution in [-0.2, 0) is 27.4 Å². The number of hydrogen-bond acceptors (Lipinski definition) is 12. The molecule has 0 unspecified atom stereocenters. The number of rotatable bonds is 0. The molecule has 0 radical (unpaired) electrons. The molecule has 6 fully saturated rings. The third kappa shape index (κ3) is 145. The molecule has 6 aliphatic rings. The maximum absolute atomic E-state index is 8.91. The van der Waals surface area contributed by atoms with E-state index in [0.29, 0.717) is 0 Å². The maximum atomic E-state index is 8.91. The Bertz CT molecular complexity index is 1120. The van der Waals surface area contributed by atoms with Crippen molar-refractivity contribution in [2.75, 3.05) is 0 Å². The van der Waals surface area contributed by atoms with Crippen LogP contribution in [0, 0.1) is 0 Å². The number of aliphatic hydroxyl groups is 6. The molecule has 0 aromatic rings. The van der Waals surface area contributed by atoms with Gasteiger partial charge in [-0.2, -0.15) is 0 Å². The van der Waals surface area contributed by atoms with Crippen LogP contribution in [-0.4, -0.2) is 155 Å². The normalized spacial score (nSPS) is 19.7. The Balaban J connectivity index is -0.000000166. The molecule has 0 aromatic heterocycles. The quantitative estimate of drug-likeness (QED) is 0.155. The molecule has 444 valence electrons. The molecule has 36 heteroatoms. The first-order chi connectivity index (χ1) is 32.4. The zero-order valence-electron chi connectivity index (χ0n) is 40.5. The minimum atomic E-state index is -4.64. The number of hydrogen-bond donors (Lipinski definition) is 24. The smallest absolute Gasteiger partial charge is 0.393 e. The summed E-state index contributed by atoms with van der Waals surface area (Å²) in [6.07, 6.45) is 35.5. The summed E-state index contributed by atoms with van der Waals surface area (Å²) in [4.78, 5) is 129. The summed E-state index contributed by atoms with van der Waals surface area (Å²) in [5, 5.41) is 53.5. The maximum Gasteiger partial charge on any atom is 0.466 e. The zero-order chi connectivity index (χ0) is 57.7. The molecule has 6 aliphatic carbocycles. The van der Waals surface area contributed by atoms with Crippen LogP contribution in [0.2, 0.25) is 0 Å². The summed E-state index contributed by atoms with van der Waals surface area (Å²) in [6.45, 7) is 0. The molecule has 24 N–H and O–H groups in total. The first-order valence-corrected chi connectivity index (χ1v) is 32.5. The van der Waals surface area contributed by atoms with Crippen LogP contribution in [0.1, 0.15) is 193 Å². The molecule has 6 rings (SSSR count). The summed E-state index contributed by atoms with van der Waals surface area (Å²) >= 11 is 0. The van der Waals surface area contributed by atoms with Crippen molar-refractivity contribution in [2.45, 2.75) is 229 Å². The van der Waals surface area contributed by atoms with E-state index in [2.05, 4.69) is 0 Å². The fourth-order valence-electron chi connectivity index (χ4n) is 6.49. The predicted molar refractivity (Wildman–Crippen MR) is 260 cm³/mol. The van der Waals surface area contributed by atoms with Crippen LogP contribution in [0.4, 0.5) is 0 Å². The molecule has 0 saturated heterocycles. The molecule has 0 heterocycles. The Hall–Kier alpha value is 0.420.